The van der Waals surface area contributed by atoms with Gasteiger partial charge in [-0.2, -0.15) is 0 Å². The number of nitrogens with one attached hydrogen (secondary N) is 4. The smallest absolute Gasteiger partial charge is 0.320 e. The van der Waals surface area contributed by atoms with Gasteiger partial charge < -0.3 is 30.8 Å². The number of aromatic nitrogens is 1. The highest BCUT2D eigenvalue weighted by Gasteiger charge is 2.54. The van der Waals surface area contributed by atoms with E-state index in [0.717, 1.165) is 40.7 Å². The second-order valence-corrected chi connectivity index (χ2v) is 12.6. The number of carboxylic acids is 1. The number of allylic oxidation sites excluding steroid dienone is 2. The highest BCUT2D eigenvalue weighted by atomic mass is 16.5. The number of esters is 1. The lowest BCUT2D eigenvalue weighted by molar-refractivity contribution is -0.147. The lowest BCUT2D eigenvalue weighted by atomic mass is 9.79. The third kappa shape index (κ3) is 5.36. The van der Waals surface area contributed by atoms with Crippen molar-refractivity contribution in [2.24, 2.45) is 17.8 Å². The van der Waals surface area contributed by atoms with Gasteiger partial charge in [-0.1, -0.05) is 26.5 Å². The van der Waals surface area contributed by atoms with Crippen molar-refractivity contribution in [3.63, 3.8) is 0 Å². The first kappa shape index (κ1) is 32.9. The number of aromatic amines is 1. The number of hydrogen-bond acceptors (Lipinski definition) is 8. The minimum Gasteiger partial charge on any atom is -0.481 e. The van der Waals surface area contributed by atoms with Crippen LogP contribution in [0.3, 0.4) is 0 Å². The SMILES string of the molecule is C=CC1=C(C)/C(=C/C2NC(C3=C4NC(Cc5[nH]c(C=O)c(C)c5CC)C(C)=C4C(=O)[C@@H]3C(=O)OC)[C@@H](CCC(=O)O)[C@@H]2C)NC1=O. The van der Waals surface area contributed by atoms with Crippen LogP contribution in [0.15, 0.2) is 58.0 Å². The van der Waals surface area contributed by atoms with E-state index in [1.165, 1.54) is 13.2 Å². The van der Waals surface area contributed by atoms with E-state index in [-0.39, 0.29) is 42.0 Å². The number of H-pyrrole nitrogens is 1. The zero-order valence-electron chi connectivity index (χ0n) is 27.1. The molecule has 3 aliphatic heterocycles. The highest BCUT2D eigenvalue weighted by molar-refractivity contribution is 6.17. The molecule has 1 aromatic rings. The Morgan fingerprint density at radius 1 is 1.15 bits per heavy atom. The standard InChI is InChI=1S/C35H42N4O7/c1-8-19-15(3)26(14-40)36-25(19)13-24-18(6)28-32(38-24)29(30(33(28)43)35(45)46-7)31-21(10-11-27(41)42)17(5)22(37-31)12-23-16(4)20(9-2)34(44)39-23/h9,12,14,17,21-22,24,30-31,36-38H,2,8,10-11,13H2,1,3-7H3,(H,39,44)(H,41,42)/b23-12-/t17-,21-,22?,24?,30+,31?/m0/s1. The van der Waals surface area contributed by atoms with Crippen LogP contribution in [0.5, 0.6) is 0 Å². The second-order valence-electron chi connectivity index (χ2n) is 12.6. The Balaban J connectivity index is 1.58. The van der Waals surface area contributed by atoms with Crippen LogP contribution in [0.4, 0.5) is 0 Å². The van der Waals surface area contributed by atoms with Crippen LogP contribution in [-0.2, 0) is 36.8 Å². The Morgan fingerprint density at radius 3 is 2.46 bits per heavy atom. The number of hydrogen-bond donors (Lipinski definition) is 5. The summed E-state index contributed by atoms with van der Waals surface area (Å²) in [6.45, 7) is 13.4. The molecule has 5 rings (SSSR count). The van der Waals surface area contributed by atoms with E-state index in [2.05, 4.69) is 27.5 Å². The predicted molar refractivity (Wildman–Crippen MR) is 171 cm³/mol. The summed E-state index contributed by atoms with van der Waals surface area (Å²) in [6.07, 6.45) is 5.72. The number of ketones is 1. The first-order chi connectivity index (χ1) is 21.9. The van der Waals surface area contributed by atoms with Crippen molar-refractivity contribution in [3.05, 3.63) is 80.5 Å². The van der Waals surface area contributed by atoms with E-state index in [1.54, 1.807) is 0 Å². The number of amides is 1. The number of aliphatic carboxylic acids is 1. The average Bonchev–Trinajstić information content (AvgIpc) is 3.76. The largest absolute Gasteiger partial charge is 0.481 e. The molecular weight excluding hydrogens is 588 g/mol. The summed E-state index contributed by atoms with van der Waals surface area (Å²) in [5, 5.41) is 19.7. The molecule has 1 amide bonds. The number of aldehydes is 1. The molecule has 11 heteroatoms. The van der Waals surface area contributed by atoms with E-state index < -0.39 is 23.9 Å². The van der Waals surface area contributed by atoms with Crippen molar-refractivity contribution < 1.29 is 33.8 Å². The van der Waals surface area contributed by atoms with Gasteiger partial charge in [0.1, 0.15) is 5.92 Å². The average molecular weight is 631 g/mol. The molecule has 3 unspecified atom stereocenters. The summed E-state index contributed by atoms with van der Waals surface area (Å²) in [6, 6.07) is -1.10. The molecule has 0 bridgehead atoms. The van der Waals surface area contributed by atoms with Crippen molar-refractivity contribution in [1.29, 1.82) is 0 Å². The molecule has 5 N–H and O–H groups in total. The maximum atomic E-state index is 14.1. The second kappa shape index (κ2) is 12.7. The number of carbonyl (C=O) groups excluding carboxylic acids is 4. The van der Waals surface area contributed by atoms with Gasteiger partial charge in [-0.3, -0.25) is 24.0 Å². The van der Waals surface area contributed by atoms with Crippen LogP contribution in [0.25, 0.3) is 0 Å². The number of carbonyl (C=O) groups is 5. The number of rotatable bonds is 11. The fourth-order valence-corrected chi connectivity index (χ4v) is 7.77. The Labute approximate surface area is 268 Å². The summed E-state index contributed by atoms with van der Waals surface area (Å²) in [7, 11) is 1.25. The van der Waals surface area contributed by atoms with E-state index in [4.69, 9.17) is 4.74 Å². The van der Waals surface area contributed by atoms with Crippen molar-refractivity contribution >= 4 is 29.9 Å². The number of ether oxygens (including phenoxy) is 1. The molecule has 1 fully saturated rings. The number of fused-ring (bicyclic) bond motifs is 1. The summed E-state index contributed by atoms with van der Waals surface area (Å²) >= 11 is 0. The highest BCUT2D eigenvalue weighted by Crippen LogP contribution is 2.47. The third-order valence-corrected chi connectivity index (χ3v) is 10.3. The Kier molecular flexibility index (Phi) is 9.08. The summed E-state index contributed by atoms with van der Waals surface area (Å²) in [5.74, 6) is -3.74. The van der Waals surface area contributed by atoms with Crippen molar-refractivity contribution in [1.82, 2.24) is 20.9 Å². The predicted octanol–water partition coefficient (Wildman–Crippen LogP) is 3.13. The molecule has 1 aromatic heterocycles. The molecule has 4 heterocycles. The first-order valence-corrected chi connectivity index (χ1v) is 15.7. The normalized spacial score (nSPS) is 28.3. The fraction of sp³-hybridized carbons (Fsp3) is 0.457. The van der Waals surface area contributed by atoms with Gasteiger partial charge in [-0.15, -0.1) is 0 Å². The molecule has 0 radical (unpaired) electrons. The van der Waals surface area contributed by atoms with Crippen molar-refractivity contribution in [3.8, 4) is 0 Å². The summed E-state index contributed by atoms with van der Waals surface area (Å²) in [5.41, 5.74) is 7.70. The van der Waals surface area contributed by atoms with E-state index in [9.17, 15) is 29.1 Å². The quantitative estimate of drug-likeness (QED) is 0.140. The summed E-state index contributed by atoms with van der Waals surface area (Å²) < 4.78 is 5.14. The van der Waals surface area contributed by atoms with Crippen molar-refractivity contribution in [2.75, 3.05) is 7.11 Å². The Bertz CT molecular complexity index is 1670. The van der Waals surface area contributed by atoms with Crippen LogP contribution < -0.4 is 16.0 Å². The van der Waals surface area contributed by atoms with Crippen LogP contribution in [-0.4, -0.2) is 65.2 Å². The zero-order valence-corrected chi connectivity index (χ0v) is 27.1. The minimum atomic E-state index is -1.18. The molecule has 0 saturated carbocycles. The number of carboxylic acid groups (broad SMARTS) is 1. The topological polar surface area (TPSA) is 167 Å². The Hall–Kier alpha value is -4.51. The van der Waals surface area contributed by atoms with Crippen LogP contribution in [0.1, 0.15) is 67.8 Å². The van der Waals surface area contributed by atoms with E-state index >= 15 is 0 Å². The molecule has 244 valence electrons. The van der Waals surface area contributed by atoms with Gasteiger partial charge in [0, 0.05) is 53.2 Å². The molecule has 6 atom stereocenters. The van der Waals surface area contributed by atoms with Gasteiger partial charge in [-0.25, -0.2) is 0 Å². The van der Waals surface area contributed by atoms with Gasteiger partial charge in [-0.05, 0) is 79.4 Å². The molecule has 46 heavy (non-hydrogen) atoms. The maximum Gasteiger partial charge on any atom is 0.320 e. The van der Waals surface area contributed by atoms with Gasteiger partial charge in [0.2, 0.25) is 0 Å². The molecule has 0 aromatic carbocycles. The van der Waals surface area contributed by atoms with Gasteiger partial charge in [0.15, 0.2) is 12.1 Å². The maximum absolute atomic E-state index is 14.1. The van der Waals surface area contributed by atoms with Crippen molar-refractivity contribution in [2.45, 2.75) is 78.4 Å². The van der Waals surface area contributed by atoms with Gasteiger partial charge in [0.25, 0.3) is 5.91 Å². The van der Waals surface area contributed by atoms with Gasteiger partial charge >= 0.3 is 11.9 Å². The van der Waals surface area contributed by atoms with Crippen LogP contribution >= 0.6 is 0 Å². The van der Waals surface area contributed by atoms with Crippen LogP contribution in [0.2, 0.25) is 0 Å². The zero-order chi connectivity index (χ0) is 33.6. The first-order valence-electron chi connectivity index (χ1n) is 15.7. The molecule has 1 aliphatic carbocycles. The van der Waals surface area contributed by atoms with Gasteiger partial charge in [0.05, 0.1) is 18.8 Å². The van der Waals surface area contributed by atoms with Crippen LogP contribution in [0, 0.1) is 24.7 Å². The summed E-state index contributed by atoms with van der Waals surface area (Å²) in [4.78, 5) is 66.4. The molecule has 1 saturated heterocycles. The molecular formula is C35H42N4O7. The molecule has 11 nitrogen and oxygen atoms in total. The van der Waals surface area contributed by atoms with E-state index in [1.807, 2.05) is 40.7 Å². The number of methoxy groups -OCH3 is 1. The monoisotopic (exact) mass is 630 g/mol. The van der Waals surface area contributed by atoms with E-state index in [0.29, 0.717) is 46.6 Å². The molecule has 0 spiro atoms. The lowest BCUT2D eigenvalue weighted by Gasteiger charge is -2.27. The Morgan fingerprint density at radius 2 is 1.87 bits per heavy atom. The number of Topliss-reactive ketones (excluding diaryl/α,β-unsaturated/α-hetero) is 1. The fourth-order valence-electron chi connectivity index (χ4n) is 7.77. The lowest BCUT2D eigenvalue weighted by Crippen LogP contribution is -2.40. The molecule has 4 aliphatic rings. The third-order valence-electron chi connectivity index (χ3n) is 10.3. The minimum absolute atomic E-state index is 0.0883.